The summed E-state index contributed by atoms with van der Waals surface area (Å²) in [6, 6.07) is 10.7. The molecule has 0 saturated carbocycles. The van der Waals surface area contributed by atoms with Crippen molar-refractivity contribution in [3.05, 3.63) is 53.2 Å². The van der Waals surface area contributed by atoms with E-state index >= 15 is 0 Å². The van der Waals surface area contributed by atoms with Crippen LogP contribution in [0.3, 0.4) is 0 Å². The van der Waals surface area contributed by atoms with E-state index in [0.717, 1.165) is 12.2 Å². The molecular formula is C17H23N3. The molecule has 0 spiro atoms. The summed E-state index contributed by atoms with van der Waals surface area (Å²) >= 11 is 0. The molecular weight excluding hydrogens is 246 g/mol. The summed E-state index contributed by atoms with van der Waals surface area (Å²) in [5.41, 5.74) is 10.8. The smallest absolute Gasteiger partial charge is 0.135 e. The molecule has 0 bridgehead atoms. The van der Waals surface area contributed by atoms with Gasteiger partial charge in [0.15, 0.2) is 0 Å². The highest BCUT2D eigenvalue weighted by molar-refractivity contribution is 5.65. The topological polar surface area (TPSA) is 42.2 Å². The van der Waals surface area contributed by atoms with Gasteiger partial charge in [0, 0.05) is 25.0 Å². The van der Waals surface area contributed by atoms with Crippen LogP contribution in [0.2, 0.25) is 0 Å². The number of nitrogens with two attached hydrogens (primary N) is 1. The summed E-state index contributed by atoms with van der Waals surface area (Å²) in [6.45, 7) is 6.26. The van der Waals surface area contributed by atoms with E-state index in [2.05, 4.69) is 55.0 Å². The number of aromatic nitrogens is 1. The molecule has 20 heavy (non-hydrogen) atoms. The molecule has 0 fully saturated rings. The quantitative estimate of drug-likeness (QED) is 0.925. The van der Waals surface area contributed by atoms with Gasteiger partial charge in [-0.3, -0.25) is 0 Å². The van der Waals surface area contributed by atoms with Gasteiger partial charge in [-0.2, -0.15) is 0 Å². The average Bonchev–Trinajstić information content (AvgIpc) is 2.38. The molecule has 1 unspecified atom stereocenters. The van der Waals surface area contributed by atoms with Gasteiger partial charge < -0.3 is 10.6 Å². The zero-order chi connectivity index (χ0) is 14.7. The molecule has 1 atom stereocenters. The lowest BCUT2D eigenvalue weighted by atomic mass is 10.1. The van der Waals surface area contributed by atoms with Crippen LogP contribution in [0.5, 0.6) is 0 Å². The number of aryl methyl sites for hydroxylation is 2. The van der Waals surface area contributed by atoms with Crippen LogP contribution >= 0.6 is 0 Å². The van der Waals surface area contributed by atoms with Crippen molar-refractivity contribution >= 4 is 11.5 Å². The average molecular weight is 269 g/mol. The summed E-state index contributed by atoms with van der Waals surface area (Å²) in [5.74, 6) is 0.983. The molecule has 0 saturated heterocycles. The van der Waals surface area contributed by atoms with Crippen molar-refractivity contribution in [3.63, 3.8) is 0 Å². The molecule has 106 valence electrons. The molecule has 3 nitrogen and oxygen atoms in total. The molecule has 2 rings (SSSR count). The predicted octanol–water partition coefficient (Wildman–Crippen LogP) is 3.36. The maximum Gasteiger partial charge on any atom is 0.135 e. The lowest BCUT2D eigenvalue weighted by molar-refractivity contribution is 0.735. The number of benzene rings is 1. The van der Waals surface area contributed by atoms with Gasteiger partial charge in [-0.1, -0.05) is 23.8 Å². The maximum atomic E-state index is 5.94. The third-order valence-corrected chi connectivity index (χ3v) is 3.44. The Balaban J connectivity index is 2.40. The Hall–Kier alpha value is -1.87. The highest BCUT2D eigenvalue weighted by Gasteiger charge is 2.13. The van der Waals surface area contributed by atoms with Crippen molar-refractivity contribution in [3.8, 4) is 0 Å². The van der Waals surface area contributed by atoms with Crippen LogP contribution in [0, 0.1) is 13.8 Å². The Labute approximate surface area is 121 Å². The summed E-state index contributed by atoms with van der Waals surface area (Å²) < 4.78 is 0. The number of rotatable bonds is 4. The molecule has 1 heterocycles. The lowest BCUT2D eigenvalue weighted by Crippen LogP contribution is -2.21. The van der Waals surface area contributed by atoms with Gasteiger partial charge in [0.2, 0.25) is 0 Å². The van der Waals surface area contributed by atoms with Crippen molar-refractivity contribution in [2.24, 2.45) is 5.73 Å². The molecule has 0 aliphatic carbocycles. The second kappa shape index (κ2) is 6.06. The Morgan fingerprint density at radius 2 is 2.00 bits per heavy atom. The Bertz CT molecular complexity index is 591. The second-order valence-corrected chi connectivity index (χ2v) is 5.52. The highest BCUT2D eigenvalue weighted by atomic mass is 15.2. The van der Waals surface area contributed by atoms with Crippen LogP contribution in [-0.2, 0) is 6.42 Å². The minimum atomic E-state index is 0.130. The fourth-order valence-corrected chi connectivity index (χ4v) is 2.53. The summed E-state index contributed by atoms with van der Waals surface area (Å²) in [7, 11) is 2.06. The van der Waals surface area contributed by atoms with E-state index in [9.17, 15) is 0 Å². The maximum absolute atomic E-state index is 5.94. The number of pyridine rings is 1. The van der Waals surface area contributed by atoms with Gasteiger partial charge in [0.1, 0.15) is 5.82 Å². The monoisotopic (exact) mass is 269 g/mol. The van der Waals surface area contributed by atoms with E-state index in [4.69, 9.17) is 5.73 Å². The van der Waals surface area contributed by atoms with Crippen molar-refractivity contribution in [1.29, 1.82) is 0 Å². The standard InChI is InChI=1S/C17H23N3/c1-12-7-8-16(13(2)10-12)20(4)17-15(11-14(3)18)6-5-9-19-17/h5-10,14H,11,18H2,1-4H3. The molecule has 1 aromatic carbocycles. The van der Waals surface area contributed by atoms with E-state index in [0.29, 0.717) is 0 Å². The van der Waals surface area contributed by atoms with E-state index < -0.39 is 0 Å². The van der Waals surface area contributed by atoms with Gasteiger partial charge in [0.05, 0.1) is 0 Å². The summed E-state index contributed by atoms with van der Waals surface area (Å²) in [4.78, 5) is 6.69. The van der Waals surface area contributed by atoms with Crippen molar-refractivity contribution < 1.29 is 0 Å². The fraction of sp³-hybridized carbons (Fsp3) is 0.353. The van der Waals surface area contributed by atoms with Crippen LogP contribution in [0.1, 0.15) is 23.6 Å². The number of anilines is 2. The first-order chi connectivity index (χ1) is 9.49. The van der Waals surface area contributed by atoms with Crippen LogP contribution in [0.4, 0.5) is 11.5 Å². The van der Waals surface area contributed by atoms with Gasteiger partial charge >= 0.3 is 0 Å². The van der Waals surface area contributed by atoms with Crippen LogP contribution in [0.15, 0.2) is 36.5 Å². The molecule has 2 N–H and O–H groups in total. The second-order valence-electron chi connectivity index (χ2n) is 5.52. The molecule has 0 radical (unpaired) electrons. The van der Waals surface area contributed by atoms with Crippen molar-refractivity contribution in [2.45, 2.75) is 33.2 Å². The third-order valence-electron chi connectivity index (χ3n) is 3.44. The third kappa shape index (κ3) is 3.17. The zero-order valence-corrected chi connectivity index (χ0v) is 12.7. The van der Waals surface area contributed by atoms with Crippen LogP contribution < -0.4 is 10.6 Å². The van der Waals surface area contributed by atoms with Crippen LogP contribution in [0.25, 0.3) is 0 Å². The number of hydrogen-bond donors (Lipinski definition) is 1. The zero-order valence-electron chi connectivity index (χ0n) is 12.7. The predicted molar refractivity (Wildman–Crippen MR) is 85.6 cm³/mol. The van der Waals surface area contributed by atoms with Gasteiger partial charge in [-0.05, 0) is 50.5 Å². The first-order valence-electron chi connectivity index (χ1n) is 6.99. The van der Waals surface area contributed by atoms with Gasteiger partial charge in [-0.15, -0.1) is 0 Å². The first-order valence-corrected chi connectivity index (χ1v) is 6.99. The molecule has 0 aliphatic rings. The van der Waals surface area contributed by atoms with Crippen LogP contribution in [-0.4, -0.2) is 18.1 Å². The first kappa shape index (κ1) is 14.5. The number of hydrogen-bond acceptors (Lipinski definition) is 3. The normalized spacial score (nSPS) is 12.2. The van der Waals surface area contributed by atoms with Gasteiger partial charge in [0.25, 0.3) is 0 Å². The summed E-state index contributed by atoms with van der Waals surface area (Å²) in [5, 5.41) is 0. The molecule has 0 amide bonds. The summed E-state index contributed by atoms with van der Waals surface area (Å²) in [6.07, 6.45) is 2.67. The molecule has 1 aromatic heterocycles. The fourth-order valence-electron chi connectivity index (χ4n) is 2.53. The minimum Gasteiger partial charge on any atom is -0.329 e. The Kier molecular flexibility index (Phi) is 4.40. The van der Waals surface area contributed by atoms with Crippen molar-refractivity contribution in [1.82, 2.24) is 4.98 Å². The Morgan fingerprint density at radius 1 is 1.25 bits per heavy atom. The van der Waals surface area contributed by atoms with E-state index in [1.54, 1.807) is 0 Å². The van der Waals surface area contributed by atoms with Gasteiger partial charge in [-0.25, -0.2) is 4.98 Å². The number of nitrogens with zero attached hydrogens (tertiary/aromatic N) is 2. The molecule has 2 aromatic rings. The minimum absolute atomic E-state index is 0.130. The highest BCUT2D eigenvalue weighted by Crippen LogP contribution is 2.28. The van der Waals surface area contributed by atoms with E-state index in [-0.39, 0.29) is 6.04 Å². The SMILES string of the molecule is Cc1ccc(N(C)c2ncccc2CC(C)N)c(C)c1. The van der Waals surface area contributed by atoms with Crippen molar-refractivity contribution in [2.75, 3.05) is 11.9 Å². The Morgan fingerprint density at radius 3 is 2.65 bits per heavy atom. The van der Waals surface area contributed by atoms with E-state index in [1.807, 2.05) is 19.2 Å². The molecule has 3 heteroatoms. The molecule has 0 aliphatic heterocycles. The lowest BCUT2D eigenvalue weighted by Gasteiger charge is -2.23. The largest absolute Gasteiger partial charge is 0.329 e. The van der Waals surface area contributed by atoms with E-state index in [1.165, 1.54) is 22.4 Å².